The summed E-state index contributed by atoms with van der Waals surface area (Å²) in [5, 5.41) is 0. The molecular formula is C24H31NO3S. The molecule has 156 valence electrons. The third kappa shape index (κ3) is 8.84. The van der Waals surface area contributed by atoms with Gasteiger partial charge in [0.05, 0.1) is 12.0 Å². The molecule has 2 rings (SSSR count). The van der Waals surface area contributed by atoms with Crippen LogP contribution in [-0.2, 0) is 27.4 Å². The van der Waals surface area contributed by atoms with Gasteiger partial charge in [-0.2, -0.15) is 11.8 Å². The number of esters is 1. The highest BCUT2D eigenvalue weighted by molar-refractivity contribution is 8.00. The zero-order valence-corrected chi connectivity index (χ0v) is 18.3. The third-order valence-corrected chi connectivity index (χ3v) is 5.87. The number of ether oxygens (including phenoxy) is 1. The second kappa shape index (κ2) is 11.2. The molecule has 29 heavy (non-hydrogen) atoms. The third-order valence-electron chi connectivity index (χ3n) is 4.43. The second-order valence-corrected chi connectivity index (χ2v) is 10.0. The molecule has 0 bridgehead atoms. The Labute approximate surface area is 178 Å². The first-order chi connectivity index (χ1) is 13.7. The summed E-state index contributed by atoms with van der Waals surface area (Å²) in [5.41, 5.74) is 8.08. The Bertz CT molecular complexity index is 772. The van der Waals surface area contributed by atoms with Gasteiger partial charge in [-0.15, -0.1) is 0 Å². The lowest BCUT2D eigenvalue weighted by molar-refractivity contribution is -0.150. The Kier molecular flexibility index (Phi) is 8.93. The van der Waals surface area contributed by atoms with Crippen LogP contribution < -0.4 is 5.73 Å². The maximum Gasteiger partial charge on any atom is 0.310 e. The molecule has 0 radical (unpaired) electrons. The quantitative estimate of drug-likeness (QED) is 0.585. The fourth-order valence-corrected chi connectivity index (χ4v) is 3.74. The molecule has 0 saturated heterocycles. The monoisotopic (exact) mass is 413 g/mol. The molecule has 0 amide bonds. The Morgan fingerprint density at radius 2 is 1.52 bits per heavy atom. The minimum atomic E-state index is -0.624. The van der Waals surface area contributed by atoms with E-state index in [1.165, 1.54) is 0 Å². The highest BCUT2D eigenvalue weighted by Gasteiger charge is 2.28. The number of Topliss-reactive ketones (excluding diaryl/α,β-unsaturated/α-hetero) is 1. The average Bonchev–Trinajstić information content (AvgIpc) is 2.70. The van der Waals surface area contributed by atoms with Gasteiger partial charge in [0.1, 0.15) is 6.61 Å². The maximum absolute atomic E-state index is 12.7. The van der Waals surface area contributed by atoms with E-state index in [-0.39, 0.29) is 29.5 Å². The van der Waals surface area contributed by atoms with Crippen molar-refractivity contribution in [1.82, 2.24) is 0 Å². The van der Waals surface area contributed by atoms with Crippen LogP contribution in [0.15, 0.2) is 60.7 Å². The molecule has 2 aromatic carbocycles. The van der Waals surface area contributed by atoms with Crippen LogP contribution in [0.2, 0.25) is 0 Å². The molecule has 2 atom stereocenters. The smallest absolute Gasteiger partial charge is 0.310 e. The Morgan fingerprint density at radius 3 is 2.07 bits per heavy atom. The number of ketones is 1. The largest absolute Gasteiger partial charge is 0.461 e. The van der Waals surface area contributed by atoms with Crippen molar-refractivity contribution in [2.75, 3.05) is 5.75 Å². The number of hydrogen-bond donors (Lipinski definition) is 1. The van der Waals surface area contributed by atoms with E-state index in [1.54, 1.807) is 11.8 Å². The van der Waals surface area contributed by atoms with E-state index in [2.05, 4.69) is 20.8 Å². The Morgan fingerprint density at radius 1 is 0.966 bits per heavy atom. The fourth-order valence-electron chi connectivity index (χ4n) is 2.78. The Hall–Kier alpha value is -2.11. The topological polar surface area (TPSA) is 69.4 Å². The summed E-state index contributed by atoms with van der Waals surface area (Å²) in [5.74, 6) is -0.422. The van der Waals surface area contributed by atoms with E-state index in [9.17, 15) is 9.59 Å². The lowest BCUT2D eigenvalue weighted by Gasteiger charge is -2.22. The van der Waals surface area contributed by atoms with Gasteiger partial charge < -0.3 is 10.5 Å². The van der Waals surface area contributed by atoms with Crippen LogP contribution in [0.1, 0.15) is 38.3 Å². The minimum Gasteiger partial charge on any atom is -0.461 e. The van der Waals surface area contributed by atoms with Gasteiger partial charge in [0.25, 0.3) is 0 Å². The van der Waals surface area contributed by atoms with Crippen LogP contribution >= 0.6 is 11.8 Å². The number of benzene rings is 2. The minimum absolute atomic E-state index is 0.00678. The van der Waals surface area contributed by atoms with E-state index in [1.807, 2.05) is 60.7 Å². The first-order valence-electron chi connectivity index (χ1n) is 9.91. The molecule has 4 nitrogen and oxygen atoms in total. The molecule has 0 spiro atoms. The number of carbonyl (C=O) groups is 2. The number of carbonyl (C=O) groups excluding carboxylic acids is 2. The molecule has 2 aromatic rings. The van der Waals surface area contributed by atoms with Crippen molar-refractivity contribution < 1.29 is 14.3 Å². The predicted octanol–water partition coefficient (Wildman–Crippen LogP) is 4.41. The lowest BCUT2D eigenvalue weighted by atomic mass is 9.96. The normalized spacial score (nSPS) is 13.5. The van der Waals surface area contributed by atoms with Crippen molar-refractivity contribution in [3.05, 3.63) is 71.8 Å². The van der Waals surface area contributed by atoms with Crippen molar-refractivity contribution in [3.63, 3.8) is 0 Å². The summed E-state index contributed by atoms with van der Waals surface area (Å²) in [6.07, 6.45) is 0.572. The van der Waals surface area contributed by atoms with Gasteiger partial charge in [-0.3, -0.25) is 9.59 Å². The molecule has 0 aliphatic heterocycles. The van der Waals surface area contributed by atoms with Gasteiger partial charge in [-0.05, 0) is 17.5 Å². The summed E-state index contributed by atoms with van der Waals surface area (Å²) < 4.78 is 5.50. The molecule has 0 aliphatic carbocycles. The van der Waals surface area contributed by atoms with Gasteiger partial charge in [0.2, 0.25) is 0 Å². The fraction of sp³-hybridized carbons (Fsp3) is 0.417. The van der Waals surface area contributed by atoms with Crippen molar-refractivity contribution in [1.29, 1.82) is 0 Å². The van der Waals surface area contributed by atoms with Gasteiger partial charge in [0.15, 0.2) is 5.78 Å². The zero-order chi connectivity index (χ0) is 21.3. The van der Waals surface area contributed by atoms with Crippen LogP contribution in [0.25, 0.3) is 0 Å². The van der Waals surface area contributed by atoms with Gasteiger partial charge in [-0.1, -0.05) is 81.4 Å². The maximum atomic E-state index is 12.7. The second-order valence-electron chi connectivity index (χ2n) is 8.18. The number of hydrogen-bond acceptors (Lipinski definition) is 5. The summed E-state index contributed by atoms with van der Waals surface area (Å²) in [6.45, 7) is 6.48. The summed E-state index contributed by atoms with van der Waals surface area (Å²) in [7, 11) is 0. The van der Waals surface area contributed by atoms with Crippen LogP contribution in [0, 0.1) is 5.92 Å². The van der Waals surface area contributed by atoms with Crippen LogP contribution in [0.3, 0.4) is 0 Å². The molecule has 0 saturated carbocycles. The molecule has 0 heterocycles. The highest BCUT2D eigenvalue weighted by Crippen LogP contribution is 2.27. The van der Waals surface area contributed by atoms with Crippen LogP contribution in [-0.4, -0.2) is 28.3 Å². The summed E-state index contributed by atoms with van der Waals surface area (Å²) in [6, 6.07) is 18.6. The molecule has 0 aromatic heterocycles. The number of thioether (sulfide) groups is 1. The number of nitrogens with two attached hydrogens (primary N) is 1. The average molecular weight is 414 g/mol. The lowest BCUT2D eigenvalue weighted by Crippen LogP contribution is -2.36. The van der Waals surface area contributed by atoms with Crippen molar-refractivity contribution in [2.24, 2.45) is 11.7 Å². The zero-order valence-electron chi connectivity index (χ0n) is 17.5. The Balaban J connectivity index is 1.98. The molecule has 0 fully saturated rings. The molecule has 2 N–H and O–H groups in total. The van der Waals surface area contributed by atoms with Gasteiger partial charge in [0, 0.05) is 16.9 Å². The van der Waals surface area contributed by atoms with Crippen molar-refractivity contribution in [3.8, 4) is 0 Å². The molecule has 0 unspecified atom stereocenters. The van der Waals surface area contributed by atoms with Crippen LogP contribution in [0.5, 0.6) is 0 Å². The van der Waals surface area contributed by atoms with Gasteiger partial charge >= 0.3 is 5.97 Å². The highest BCUT2D eigenvalue weighted by atomic mass is 32.2. The number of rotatable bonds is 10. The van der Waals surface area contributed by atoms with Crippen molar-refractivity contribution >= 4 is 23.5 Å². The van der Waals surface area contributed by atoms with Crippen molar-refractivity contribution in [2.45, 2.75) is 51.0 Å². The summed E-state index contributed by atoms with van der Waals surface area (Å²) >= 11 is 1.66. The predicted molar refractivity (Wildman–Crippen MR) is 120 cm³/mol. The molecular weight excluding hydrogens is 382 g/mol. The van der Waals surface area contributed by atoms with E-state index < -0.39 is 12.0 Å². The first kappa shape index (κ1) is 23.2. The SMILES string of the molecule is CC(C)(C)SC[C@H](CC(=O)[C@@H](N)Cc1ccccc1)C(=O)OCc1ccccc1. The van der Waals surface area contributed by atoms with Crippen LogP contribution in [0.4, 0.5) is 0 Å². The van der Waals surface area contributed by atoms with E-state index in [4.69, 9.17) is 10.5 Å². The van der Waals surface area contributed by atoms with E-state index in [0.717, 1.165) is 11.1 Å². The summed E-state index contributed by atoms with van der Waals surface area (Å²) in [4.78, 5) is 25.4. The van der Waals surface area contributed by atoms with Gasteiger partial charge in [-0.25, -0.2) is 0 Å². The first-order valence-corrected chi connectivity index (χ1v) is 10.9. The standard InChI is InChI=1S/C24H31NO3S/c1-24(2,3)29-17-20(23(27)28-16-19-12-8-5-9-13-19)15-22(26)21(25)14-18-10-6-4-7-11-18/h4-13,20-21H,14-17,25H2,1-3H3/t20-,21-/m0/s1. The van der Waals surface area contributed by atoms with E-state index >= 15 is 0 Å². The molecule has 5 heteroatoms. The molecule has 0 aliphatic rings. The van der Waals surface area contributed by atoms with E-state index in [0.29, 0.717) is 12.2 Å².